The van der Waals surface area contributed by atoms with Gasteiger partial charge in [0.25, 0.3) is 5.91 Å². The lowest BCUT2D eigenvalue weighted by Gasteiger charge is -2.17. The quantitative estimate of drug-likeness (QED) is 0.914. The van der Waals surface area contributed by atoms with E-state index in [4.69, 9.17) is 11.6 Å². The van der Waals surface area contributed by atoms with E-state index in [0.29, 0.717) is 14.9 Å². The molecule has 0 bridgehead atoms. The summed E-state index contributed by atoms with van der Waals surface area (Å²) >= 11 is 8.64. The highest BCUT2D eigenvalue weighted by atomic mass is 35.5. The molecule has 0 aliphatic rings. The molecule has 22 heavy (non-hydrogen) atoms. The number of rotatable bonds is 4. The van der Waals surface area contributed by atoms with Crippen molar-refractivity contribution in [1.29, 1.82) is 0 Å². The number of thiophene rings is 1. The van der Waals surface area contributed by atoms with Gasteiger partial charge in [-0.3, -0.25) is 9.59 Å². The third-order valence-electron chi connectivity index (χ3n) is 2.95. The number of amides is 2. The number of nitrogens with one attached hydrogen (secondary N) is 1. The monoisotopic (exact) mass is 357 g/mol. The fourth-order valence-corrected chi connectivity index (χ4v) is 3.92. The Morgan fingerprint density at radius 1 is 1.32 bits per heavy atom. The zero-order valence-corrected chi connectivity index (χ0v) is 15.0. The first-order chi connectivity index (χ1) is 10.3. The molecule has 0 saturated carbocycles. The van der Waals surface area contributed by atoms with Crippen LogP contribution in [-0.4, -0.2) is 41.8 Å². The van der Waals surface area contributed by atoms with Gasteiger partial charge in [-0.05, 0) is 26.0 Å². The Bertz CT molecular complexity index is 709. The van der Waals surface area contributed by atoms with E-state index < -0.39 is 6.04 Å². The first-order valence-electron chi connectivity index (χ1n) is 6.54. The molecule has 1 N–H and O–H groups in total. The smallest absolute Gasteiger partial charge is 0.263 e. The van der Waals surface area contributed by atoms with Crippen molar-refractivity contribution in [3.05, 3.63) is 27.0 Å². The van der Waals surface area contributed by atoms with Gasteiger partial charge in [-0.15, -0.1) is 22.7 Å². The molecule has 118 valence electrons. The molecule has 0 saturated heterocycles. The normalized spacial score (nSPS) is 12.0. The minimum Gasteiger partial charge on any atom is -0.347 e. The number of hydrogen-bond acceptors (Lipinski definition) is 5. The molecule has 2 aromatic heterocycles. The number of aromatic nitrogens is 1. The van der Waals surface area contributed by atoms with Crippen LogP contribution >= 0.6 is 34.3 Å². The molecule has 8 heteroatoms. The van der Waals surface area contributed by atoms with Gasteiger partial charge in [0.1, 0.15) is 15.9 Å². The molecule has 2 heterocycles. The minimum absolute atomic E-state index is 0.152. The Morgan fingerprint density at radius 3 is 2.55 bits per heavy atom. The van der Waals surface area contributed by atoms with Crippen LogP contribution < -0.4 is 5.32 Å². The molecule has 0 aromatic carbocycles. The second kappa shape index (κ2) is 6.76. The second-order valence-electron chi connectivity index (χ2n) is 4.97. The van der Waals surface area contributed by atoms with Gasteiger partial charge in [-0.2, -0.15) is 0 Å². The molecule has 5 nitrogen and oxygen atoms in total. The van der Waals surface area contributed by atoms with Crippen molar-refractivity contribution in [2.75, 3.05) is 14.1 Å². The first kappa shape index (κ1) is 16.9. The molecule has 0 fully saturated rings. The molecule has 2 amide bonds. The van der Waals surface area contributed by atoms with Crippen molar-refractivity contribution in [3.63, 3.8) is 0 Å². The van der Waals surface area contributed by atoms with E-state index >= 15 is 0 Å². The van der Waals surface area contributed by atoms with E-state index in [0.717, 1.165) is 9.88 Å². The maximum absolute atomic E-state index is 12.3. The van der Waals surface area contributed by atoms with Crippen LogP contribution in [0.1, 0.15) is 22.3 Å². The first-order valence-corrected chi connectivity index (χ1v) is 8.56. The van der Waals surface area contributed by atoms with E-state index in [1.54, 1.807) is 34.0 Å². The lowest BCUT2D eigenvalue weighted by molar-refractivity contribution is -0.130. The van der Waals surface area contributed by atoms with Gasteiger partial charge in [0, 0.05) is 14.1 Å². The Labute approximate surface area is 141 Å². The average molecular weight is 358 g/mol. The van der Waals surface area contributed by atoms with Gasteiger partial charge in [0.15, 0.2) is 0 Å². The van der Waals surface area contributed by atoms with Crippen molar-refractivity contribution in [2.45, 2.75) is 19.9 Å². The third-order valence-corrected chi connectivity index (χ3v) is 5.50. The Hall–Kier alpha value is -1.44. The summed E-state index contributed by atoms with van der Waals surface area (Å²) in [7, 11) is 3.31. The fourth-order valence-electron chi connectivity index (χ4n) is 1.85. The van der Waals surface area contributed by atoms with E-state index in [1.165, 1.54) is 27.6 Å². The number of hydrogen-bond donors (Lipinski definition) is 1. The van der Waals surface area contributed by atoms with Gasteiger partial charge in [-0.25, -0.2) is 4.98 Å². The van der Waals surface area contributed by atoms with Crippen LogP contribution in [-0.2, 0) is 4.79 Å². The van der Waals surface area contributed by atoms with Crippen LogP contribution in [0.15, 0.2) is 12.1 Å². The highest BCUT2D eigenvalue weighted by molar-refractivity contribution is 7.24. The predicted molar refractivity (Wildman–Crippen MR) is 90.8 cm³/mol. The largest absolute Gasteiger partial charge is 0.347 e. The van der Waals surface area contributed by atoms with Crippen LogP contribution in [0.3, 0.4) is 0 Å². The van der Waals surface area contributed by atoms with Gasteiger partial charge in [0.2, 0.25) is 5.91 Å². The summed E-state index contributed by atoms with van der Waals surface area (Å²) in [4.78, 5) is 31.4. The summed E-state index contributed by atoms with van der Waals surface area (Å²) in [5, 5.41) is 3.46. The minimum atomic E-state index is -0.580. The predicted octanol–water partition coefficient (Wildman–Crippen LogP) is 3.04. The highest BCUT2D eigenvalue weighted by Crippen LogP contribution is 2.34. The van der Waals surface area contributed by atoms with Gasteiger partial charge >= 0.3 is 0 Å². The standard InChI is InChI=1S/C14H16ClN3O2S2/c1-7-11(12(19)16-8(2)14(20)18(3)4)22-13(17-7)9-5-6-10(15)21-9/h5-6,8H,1-4H3,(H,16,19). The van der Waals surface area contributed by atoms with E-state index in [2.05, 4.69) is 10.3 Å². The summed E-state index contributed by atoms with van der Waals surface area (Å²) in [6.07, 6.45) is 0. The topological polar surface area (TPSA) is 62.3 Å². The third kappa shape index (κ3) is 3.66. The lowest BCUT2D eigenvalue weighted by atomic mass is 10.3. The van der Waals surface area contributed by atoms with Crippen LogP contribution in [0, 0.1) is 6.92 Å². The average Bonchev–Trinajstić information content (AvgIpc) is 3.03. The van der Waals surface area contributed by atoms with Crippen LogP contribution in [0.4, 0.5) is 0 Å². The van der Waals surface area contributed by atoms with E-state index in [-0.39, 0.29) is 11.8 Å². The SMILES string of the molecule is Cc1nc(-c2ccc(Cl)s2)sc1C(=O)NC(C)C(=O)N(C)C. The number of nitrogens with zero attached hydrogens (tertiary/aromatic N) is 2. The fraction of sp³-hybridized carbons (Fsp3) is 0.357. The van der Waals surface area contributed by atoms with Crippen molar-refractivity contribution in [3.8, 4) is 9.88 Å². The maximum Gasteiger partial charge on any atom is 0.263 e. The summed E-state index contributed by atoms with van der Waals surface area (Å²) in [6.45, 7) is 3.44. The van der Waals surface area contributed by atoms with Crippen molar-refractivity contribution >= 4 is 46.1 Å². The zero-order valence-electron chi connectivity index (χ0n) is 12.6. The number of carbonyl (C=O) groups is 2. The number of aryl methyl sites for hydroxylation is 1. The van der Waals surface area contributed by atoms with Crippen LogP contribution in [0.25, 0.3) is 9.88 Å². The van der Waals surface area contributed by atoms with E-state index in [9.17, 15) is 9.59 Å². The maximum atomic E-state index is 12.3. The number of likely N-dealkylation sites (N-methyl/N-ethyl adjacent to an activating group) is 1. The molecule has 0 radical (unpaired) electrons. The zero-order chi connectivity index (χ0) is 16.4. The molecule has 0 spiro atoms. The number of carbonyl (C=O) groups excluding carboxylic acids is 2. The second-order valence-corrected chi connectivity index (χ2v) is 7.68. The Kier molecular flexibility index (Phi) is 5.20. The summed E-state index contributed by atoms with van der Waals surface area (Å²) < 4.78 is 0.680. The molecular weight excluding hydrogens is 342 g/mol. The van der Waals surface area contributed by atoms with Gasteiger partial charge in [0.05, 0.1) is 14.9 Å². The summed E-state index contributed by atoms with van der Waals surface area (Å²) in [5.41, 5.74) is 0.645. The Morgan fingerprint density at radius 2 is 2.00 bits per heavy atom. The van der Waals surface area contributed by atoms with Crippen molar-refractivity contribution in [1.82, 2.24) is 15.2 Å². The molecule has 1 unspecified atom stereocenters. The molecule has 2 aromatic rings. The molecular formula is C14H16ClN3O2S2. The van der Waals surface area contributed by atoms with E-state index in [1.807, 2.05) is 6.07 Å². The van der Waals surface area contributed by atoms with Crippen molar-refractivity contribution in [2.24, 2.45) is 0 Å². The van der Waals surface area contributed by atoms with Gasteiger partial charge < -0.3 is 10.2 Å². The molecule has 0 aliphatic carbocycles. The van der Waals surface area contributed by atoms with Gasteiger partial charge in [-0.1, -0.05) is 11.6 Å². The molecule has 0 aliphatic heterocycles. The number of thiazole rings is 1. The molecule has 2 rings (SSSR count). The lowest BCUT2D eigenvalue weighted by Crippen LogP contribution is -2.44. The number of halogens is 1. The van der Waals surface area contributed by atoms with Crippen LogP contribution in [0.2, 0.25) is 4.34 Å². The van der Waals surface area contributed by atoms with Crippen LogP contribution in [0.5, 0.6) is 0 Å². The summed E-state index contributed by atoms with van der Waals surface area (Å²) in [5.74, 6) is -0.438. The summed E-state index contributed by atoms with van der Waals surface area (Å²) in [6, 6.07) is 3.10. The Balaban J connectivity index is 2.17. The highest BCUT2D eigenvalue weighted by Gasteiger charge is 2.22. The van der Waals surface area contributed by atoms with Crippen molar-refractivity contribution < 1.29 is 9.59 Å². The molecule has 1 atom stereocenters.